The van der Waals surface area contributed by atoms with Gasteiger partial charge in [0.05, 0.1) is 13.7 Å². The van der Waals surface area contributed by atoms with Gasteiger partial charge in [-0.05, 0) is 19.1 Å². The molecular formula is C15H19ClO5. The highest BCUT2D eigenvalue weighted by atomic mass is 35.5. The number of ether oxygens (including phenoxy) is 3. The van der Waals surface area contributed by atoms with Crippen LogP contribution in [0, 0.1) is 0 Å². The van der Waals surface area contributed by atoms with Crippen LogP contribution in [0.25, 0.3) is 6.08 Å². The van der Waals surface area contributed by atoms with Gasteiger partial charge in [-0.1, -0.05) is 11.6 Å². The summed E-state index contributed by atoms with van der Waals surface area (Å²) in [6.07, 6.45) is 3.18. The zero-order chi connectivity index (χ0) is 15.7. The number of halogens is 1. The van der Waals surface area contributed by atoms with Crippen LogP contribution in [0.1, 0.15) is 18.9 Å². The molecule has 0 saturated heterocycles. The molecule has 6 heteroatoms. The lowest BCUT2D eigenvalue weighted by Crippen LogP contribution is -2.05. The van der Waals surface area contributed by atoms with Crippen molar-refractivity contribution in [2.24, 2.45) is 0 Å². The first-order valence-corrected chi connectivity index (χ1v) is 6.95. The minimum atomic E-state index is -1.05. The summed E-state index contributed by atoms with van der Waals surface area (Å²) in [5, 5.41) is 9.17. The highest BCUT2D eigenvalue weighted by Gasteiger charge is 2.11. The summed E-state index contributed by atoms with van der Waals surface area (Å²) in [6, 6.07) is 3.25. The topological polar surface area (TPSA) is 65.0 Å². The van der Waals surface area contributed by atoms with E-state index >= 15 is 0 Å². The lowest BCUT2D eigenvalue weighted by atomic mass is 10.1. The first-order chi connectivity index (χ1) is 10.1. The number of rotatable bonds is 9. The highest BCUT2D eigenvalue weighted by molar-refractivity contribution is 6.31. The Morgan fingerprint density at radius 2 is 2.14 bits per heavy atom. The summed E-state index contributed by atoms with van der Waals surface area (Å²) in [7, 11) is 1.50. The van der Waals surface area contributed by atoms with Gasteiger partial charge < -0.3 is 19.3 Å². The Kier molecular flexibility index (Phi) is 7.64. The molecule has 0 fully saturated rings. The zero-order valence-corrected chi connectivity index (χ0v) is 12.9. The molecule has 0 atom stereocenters. The van der Waals surface area contributed by atoms with E-state index in [1.54, 1.807) is 12.1 Å². The van der Waals surface area contributed by atoms with Gasteiger partial charge in [-0.3, -0.25) is 0 Å². The van der Waals surface area contributed by atoms with Crippen LogP contribution < -0.4 is 9.47 Å². The van der Waals surface area contributed by atoms with Crippen LogP contribution in [0.15, 0.2) is 18.2 Å². The fraction of sp³-hybridized carbons (Fsp3) is 0.400. The van der Waals surface area contributed by atoms with Gasteiger partial charge in [-0.2, -0.15) is 0 Å². The minimum absolute atomic E-state index is 0.436. The van der Waals surface area contributed by atoms with E-state index in [1.807, 2.05) is 6.92 Å². The fourth-order valence-electron chi connectivity index (χ4n) is 1.66. The van der Waals surface area contributed by atoms with Crippen molar-refractivity contribution in [3.05, 3.63) is 28.8 Å². The van der Waals surface area contributed by atoms with Gasteiger partial charge in [-0.15, -0.1) is 0 Å². The van der Waals surface area contributed by atoms with E-state index < -0.39 is 5.97 Å². The van der Waals surface area contributed by atoms with Gasteiger partial charge in [0, 0.05) is 42.4 Å². The van der Waals surface area contributed by atoms with Gasteiger partial charge in [0.25, 0.3) is 0 Å². The van der Waals surface area contributed by atoms with Crippen molar-refractivity contribution in [3.63, 3.8) is 0 Å². The molecule has 0 radical (unpaired) electrons. The number of hydrogen-bond acceptors (Lipinski definition) is 4. The van der Waals surface area contributed by atoms with E-state index in [0.29, 0.717) is 41.9 Å². The normalized spacial score (nSPS) is 10.8. The molecule has 0 spiro atoms. The summed E-state index contributed by atoms with van der Waals surface area (Å²) in [5.74, 6) is -0.115. The zero-order valence-electron chi connectivity index (χ0n) is 12.1. The van der Waals surface area contributed by atoms with E-state index in [1.165, 1.54) is 13.2 Å². The van der Waals surface area contributed by atoms with Crippen molar-refractivity contribution >= 4 is 23.6 Å². The summed E-state index contributed by atoms with van der Waals surface area (Å²) < 4.78 is 16.1. The molecule has 0 aromatic heterocycles. The minimum Gasteiger partial charge on any atom is -0.493 e. The van der Waals surface area contributed by atoms with E-state index in [-0.39, 0.29) is 0 Å². The Hall–Kier alpha value is -1.72. The Labute approximate surface area is 129 Å². The second-order valence-corrected chi connectivity index (χ2v) is 4.53. The highest BCUT2D eigenvalue weighted by Crippen LogP contribution is 2.35. The van der Waals surface area contributed by atoms with Crippen LogP contribution >= 0.6 is 11.6 Å². The van der Waals surface area contributed by atoms with Gasteiger partial charge in [0.15, 0.2) is 11.5 Å². The third-order valence-electron chi connectivity index (χ3n) is 2.56. The molecular weight excluding hydrogens is 296 g/mol. The van der Waals surface area contributed by atoms with Crippen molar-refractivity contribution < 1.29 is 24.1 Å². The monoisotopic (exact) mass is 314 g/mol. The third-order valence-corrected chi connectivity index (χ3v) is 2.78. The van der Waals surface area contributed by atoms with Crippen LogP contribution in [0.2, 0.25) is 5.02 Å². The molecule has 0 unspecified atom stereocenters. The molecule has 0 aliphatic heterocycles. The van der Waals surface area contributed by atoms with E-state index in [0.717, 1.165) is 12.5 Å². The molecule has 0 bridgehead atoms. The number of hydrogen-bond donors (Lipinski definition) is 1. The molecule has 21 heavy (non-hydrogen) atoms. The van der Waals surface area contributed by atoms with Crippen molar-refractivity contribution in [1.82, 2.24) is 0 Å². The molecule has 5 nitrogen and oxygen atoms in total. The molecule has 116 valence electrons. The Bertz CT molecular complexity index is 499. The van der Waals surface area contributed by atoms with Crippen molar-refractivity contribution in [2.45, 2.75) is 13.3 Å². The lowest BCUT2D eigenvalue weighted by Gasteiger charge is -2.14. The number of methoxy groups -OCH3 is 1. The third kappa shape index (κ3) is 6.06. The number of carboxylic acid groups (broad SMARTS) is 1. The maximum Gasteiger partial charge on any atom is 0.328 e. The smallest absolute Gasteiger partial charge is 0.328 e. The summed E-state index contributed by atoms with van der Waals surface area (Å²) in [4.78, 5) is 10.6. The Morgan fingerprint density at radius 3 is 2.76 bits per heavy atom. The predicted molar refractivity (Wildman–Crippen MR) is 81.3 cm³/mol. The van der Waals surface area contributed by atoms with Crippen LogP contribution in [-0.2, 0) is 9.53 Å². The van der Waals surface area contributed by atoms with Crippen LogP contribution in [0.5, 0.6) is 11.5 Å². The average Bonchev–Trinajstić information content (AvgIpc) is 2.45. The molecule has 1 aromatic rings. The fourth-order valence-corrected chi connectivity index (χ4v) is 1.88. The van der Waals surface area contributed by atoms with Crippen molar-refractivity contribution in [1.29, 1.82) is 0 Å². The van der Waals surface area contributed by atoms with Crippen LogP contribution in [0.4, 0.5) is 0 Å². The molecule has 0 aliphatic rings. The number of benzene rings is 1. The molecule has 0 saturated carbocycles. The first kappa shape index (κ1) is 17.3. The van der Waals surface area contributed by atoms with Gasteiger partial charge in [0.1, 0.15) is 0 Å². The quantitative estimate of drug-likeness (QED) is 0.560. The van der Waals surface area contributed by atoms with Crippen molar-refractivity contribution in [3.8, 4) is 11.5 Å². The average molecular weight is 315 g/mol. The van der Waals surface area contributed by atoms with Crippen LogP contribution in [-0.4, -0.2) is 38.0 Å². The summed E-state index contributed by atoms with van der Waals surface area (Å²) in [5.41, 5.74) is 0.554. The Morgan fingerprint density at radius 1 is 1.38 bits per heavy atom. The van der Waals surface area contributed by atoms with E-state index in [2.05, 4.69) is 0 Å². The molecule has 1 N–H and O–H groups in total. The van der Waals surface area contributed by atoms with Gasteiger partial charge in [0.2, 0.25) is 0 Å². The standard InChI is InChI=1S/C15H19ClO5/c1-3-20-7-4-8-21-15-11(5-6-14(17)18)9-12(16)10-13(15)19-2/h5-6,9-10H,3-4,7-8H2,1-2H3,(H,17,18)/b6-5+. The van der Waals surface area contributed by atoms with E-state index in [4.69, 9.17) is 30.9 Å². The second-order valence-electron chi connectivity index (χ2n) is 4.10. The molecule has 1 aromatic carbocycles. The van der Waals surface area contributed by atoms with E-state index in [9.17, 15) is 4.79 Å². The first-order valence-electron chi connectivity index (χ1n) is 6.57. The predicted octanol–water partition coefficient (Wildman–Crippen LogP) is 3.25. The molecule has 1 rings (SSSR count). The lowest BCUT2D eigenvalue weighted by molar-refractivity contribution is -0.131. The molecule has 0 aliphatic carbocycles. The van der Waals surface area contributed by atoms with Gasteiger partial charge >= 0.3 is 5.97 Å². The van der Waals surface area contributed by atoms with Gasteiger partial charge in [-0.25, -0.2) is 4.79 Å². The number of carboxylic acids is 1. The number of aliphatic carboxylic acids is 1. The molecule has 0 heterocycles. The second kappa shape index (κ2) is 9.26. The summed E-state index contributed by atoms with van der Waals surface area (Å²) >= 11 is 5.98. The summed E-state index contributed by atoms with van der Waals surface area (Å²) in [6.45, 7) is 3.63. The van der Waals surface area contributed by atoms with Crippen molar-refractivity contribution in [2.75, 3.05) is 26.9 Å². The van der Waals surface area contributed by atoms with Crippen LogP contribution in [0.3, 0.4) is 0 Å². The maximum atomic E-state index is 10.6. The SMILES string of the molecule is CCOCCCOc1c(/C=C/C(=O)O)cc(Cl)cc1OC. The maximum absolute atomic E-state index is 10.6. The number of carbonyl (C=O) groups is 1. The largest absolute Gasteiger partial charge is 0.493 e. The molecule has 0 amide bonds. The Balaban J connectivity index is 2.89.